The van der Waals surface area contributed by atoms with Crippen LogP contribution in [0.4, 0.5) is 0 Å². The fraction of sp³-hybridized carbons (Fsp3) is 0.357. The minimum absolute atomic E-state index is 0.0572. The lowest BCUT2D eigenvalue weighted by atomic mass is 10.0. The molecule has 0 bridgehead atoms. The van der Waals surface area contributed by atoms with Crippen LogP contribution in [0, 0.1) is 0 Å². The summed E-state index contributed by atoms with van der Waals surface area (Å²) in [5.41, 5.74) is 1.17. The number of nitrogens with one attached hydrogen (secondary N) is 2. The van der Waals surface area contributed by atoms with Gasteiger partial charge in [-0.25, -0.2) is 4.79 Å². The molecule has 0 aliphatic heterocycles. The monoisotopic (exact) mass is 292 g/mol. The first-order valence-electron chi connectivity index (χ1n) is 6.55. The van der Waals surface area contributed by atoms with Crippen molar-refractivity contribution in [3.05, 3.63) is 34.3 Å². The Morgan fingerprint density at radius 1 is 1.43 bits per heavy atom. The summed E-state index contributed by atoms with van der Waals surface area (Å²) in [7, 11) is 1.59. The molecule has 2 N–H and O–H groups in total. The number of esters is 1. The third kappa shape index (κ3) is 3.38. The van der Waals surface area contributed by atoms with Crippen molar-refractivity contribution >= 4 is 22.9 Å². The third-order valence-corrected chi connectivity index (χ3v) is 3.05. The van der Waals surface area contributed by atoms with Gasteiger partial charge in [0.1, 0.15) is 0 Å². The molecule has 7 nitrogen and oxygen atoms in total. The summed E-state index contributed by atoms with van der Waals surface area (Å²) in [5.74, 6) is -1.29. The molecule has 0 spiro atoms. The molecule has 1 atom stereocenters. The lowest BCUT2D eigenvalue weighted by Gasteiger charge is -2.14. The van der Waals surface area contributed by atoms with E-state index in [1.807, 2.05) is 0 Å². The molecule has 0 saturated carbocycles. The van der Waals surface area contributed by atoms with Gasteiger partial charge in [-0.05, 0) is 32.2 Å². The zero-order chi connectivity index (χ0) is 15.4. The molecule has 0 fully saturated rings. The first-order chi connectivity index (χ1) is 10.0. The highest BCUT2D eigenvalue weighted by molar-refractivity contribution is 6.03. The van der Waals surface area contributed by atoms with E-state index in [4.69, 9.17) is 9.15 Å². The van der Waals surface area contributed by atoms with E-state index in [0.29, 0.717) is 16.7 Å². The van der Waals surface area contributed by atoms with Crippen LogP contribution in [0.1, 0.15) is 23.7 Å². The Morgan fingerprint density at radius 2 is 2.19 bits per heavy atom. The van der Waals surface area contributed by atoms with Gasteiger partial charge in [-0.2, -0.15) is 0 Å². The molecule has 0 saturated heterocycles. The minimum atomic E-state index is -0.688. The molecule has 0 radical (unpaired) electrons. The maximum absolute atomic E-state index is 12.4. The predicted octanol–water partition coefficient (Wildman–Crippen LogP) is 0.845. The third-order valence-electron chi connectivity index (χ3n) is 3.05. The second-order valence-corrected chi connectivity index (χ2v) is 4.44. The summed E-state index contributed by atoms with van der Waals surface area (Å²) >= 11 is 0. The van der Waals surface area contributed by atoms with Crippen LogP contribution in [-0.2, 0) is 9.53 Å². The Balaban J connectivity index is 2.22. The van der Waals surface area contributed by atoms with Crippen LogP contribution in [0.25, 0.3) is 11.1 Å². The van der Waals surface area contributed by atoms with Crippen molar-refractivity contribution in [2.75, 3.05) is 13.7 Å². The van der Waals surface area contributed by atoms with Gasteiger partial charge < -0.3 is 14.5 Å². The molecule has 112 valence electrons. The van der Waals surface area contributed by atoms with Crippen LogP contribution in [-0.4, -0.2) is 36.4 Å². The first-order valence-corrected chi connectivity index (χ1v) is 6.55. The number of oxazole rings is 1. The molecular weight excluding hydrogens is 276 g/mol. The van der Waals surface area contributed by atoms with Gasteiger partial charge >= 0.3 is 11.7 Å². The number of carbonyl (C=O) groups excluding carboxylic acids is 2. The zero-order valence-corrected chi connectivity index (χ0v) is 11.8. The quantitative estimate of drug-likeness (QED) is 0.604. The van der Waals surface area contributed by atoms with Crippen molar-refractivity contribution in [2.45, 2.75) is 19.4 Å². The molecule has 0 amide bonds. The van der Waals surface area contributed by atoms with E-state index < -0.39 is 17.8 Å². The molecular formula is C14H16N2O5. The van der Waals surface area contributed by atoms with Crippen molar-refractivity contribution in [1.82, 2.24) is 10.3 Å². The Kier molecular flexibility index (Phi) is 4.54. The number of Topliss-reactive ketones (excluding diaryl/α,β-unsaturated/α-hetero) is 1. The number of carbonyl (C=O) groups is 2. The molecule has 2 aromatic rings. The topological polar surface area (TPSA) is 101 Å². The van der Waals surface area contributed by atoms with Crippen LogP contribution in [0.15, 0.2) is 27.4 Å². The second-order valence-electron chi connectivity index (χ2n) is 4.44. The Morgan fingerprint density at radius 3 is 2.86 bits per heavy atom. The average Bonchev–Trinajstić information content (AvgIpc) is 2.83. The summed E-state index contributed by atoms with van der Waals surface area (Å²) in [6.45, 7) is 1.97. The Labute approximate surface area is 120 Å². The second kappa shape index (κ2) is 6.36. The van der Waals surface area contributed by atoms with Gasteiger partial charge in [-0.1, -0.05) is 0 Å². The molecule has 1 aromatic carbocycles. The summed E-state index contributed by atoms with van der Waals surface area (Å²) in [4.78, 5) is 37.4. The van der Waals surface area contributed by atoms with Gasteiger partial charge in [0, 0.05) is 5.56 Å². The summed E-state index contributed by atoms with van der Waals surface area (Å²) in [5, 5.41) is 2.79. The predicted molar refractivity (Wildman–Crippen MR) is 75.3 cm³/mol. The van der Waals surface area contributed by atoms with Crippen LogP contribution in [0.5, 0.6) is 0 Å². The number of hydrogen-bond donors (Lipinski definition) is 2. The van der Waals surface area contributed by atoms with Gasteiger partial charge in [0.15, 0.2) is 11.4 Å². The lowest BCUT2D eigenvalue weighted by Crippen LogP contribution is -2.36. The number of hydrogen-bond acceptors (Lipinski definition) is 6. The molecule has 1 unspecified atom stereocenters. The van der Waals surface area contributed by atoms with E-state index in [9.17, 15) is 14.4 Å². The highest BCUT2D eigenvalue weighted by atomic mass is 16.5. The van der Waals surface area contributed by atoms with Gasteiger partial charge in [-0.15, -0.1) is 0 Å². The molecule has 0 aliphatic carbocycles. The number of fused-ring (bicyclic) bond motifs is 1. The van der Waals surface area contributed by atoms with E-state index in [0.717, 1.165) is 0 Å². The van der Waals surface area contributed by atoms with Crippen molar-refractivity contribution in [2.24, 2.45) is 0 Å². The fourth-order valence-electron chi connectivity index (χ4n) is 2.01. The van der Waals surface area contributed by atoms with Gasteiger partial charge in [-0.3, -0.25) is 14.6 Å². The van der Waals surface area contributed by atoms with Crippen LogP contribution >= 0.6 is 0 Å². The molecule has 21 heavy (non-hydrogen) atoms. The Hall–Kier alpha value is -2.41. The van der Waals surface area contributed by atoms with E-state index in [-0.39, 0.29) is 18.8 Å². The minimum Gasteiger partial charge on any atom is -0.466 e. The highest BCUT2D eigenvalue weighted by Gasteiger charge is 2.22. The van der Waals surface area contributed by atoms with Gasteiger partial charge in [0.05, 0.1) is 24.6 Å². The smallest absolute Gasteiger partial charge is 0.417 e. The lowest BCUT2D eigenvalue weighted by molar-refractivity contribution is -0.143. The maximum atomic E-state index is 12.4. The van der Waals surface area contributed by atoms with Crippen LogP contribution in [0.2, 0.25) is 0 Å². The number of likely N-dealkylation sites (N-methyl/N-ethyl adjacent to an activating group) is 1. The zero-order valence-electron chi connectivity index (χ0n) is 11.8. The maximum Gasteiger partial charge on any atom is 0.417 e. The van der Waals surface area contributed by atoms with Crippen molar-refractivity contribution < 1.29 is 18.7 Å². The standard InChI is InChI=1S/C14H16N2O5/c1-3-20-12(17)7-10(15-2)13(18)8-4-5-9-11(6-8)21-14(19)16-9/h4-6,10,15H,3,7H2,1-2H3,(H,16,19). The molecule has 0 aliphatic rings. The number of rotatable bonds is 6. The SMILES string of the molecule is CCOC(=O)CC(NC)C(=O)c1ccc2[nH]c(=O)oc2c1. The van der Waals surface area contributed by atoms with Crippen molar-refractivity contribution in [3.63, 3.8) is 0 Å². The largest absolute Gasteiger partial charge is 0.466 e. The average molecular weight is 292 g/mol. The number of benzene rings is 1. The molecule has 7 heteroatoms. The van der Waals surface area contributed by atoms with Crippen LogP contribution < -0.4 is 11.1 Å². The normalized spacial score (nSPS) is 12.3. The Bertz CT molecular complexity index is 715. The highest BCUT2D eigenvalue weighted by Crippen LogP contribution is 2.15. The summed E-state index contributed by atoms with van der Waals surface area (Å²) in [6.07, 6.45) is -0.0572. The summed E-state index contributed by atoms with van der Waals surface area (Å²) < 4.78 is 9.75. The molecule has 1 aromatic heterocycles. The van der Waals surface area contributed by atoms with Gasteiger partial charge in [0.25, 0.3) is 0 Å². The van der Waals surface area contributed by atoms with Crippen molar-refractivity contribution in [1.29, 1.82) is 0 Å². The van der Waals surface area contributed by atoms with Gasteiger partial charge in [0.2, 0.25) is 0 Å². The fourth-order valence-corrected chi connectivity index (χ4v) is 2.01. The number of ether oxygens (including phenoxy) is 1. The van der Waals surface area contributed by atoms with E-state index >= 15 is 0 Å². The summed E-state index contributed by atoms with van der Waals surface area (Å²) in [6, 6.07) is 3.95. The molecule has 1 heterocycles. The van der Waals surface area contributed by atoms with Crippen molar-refractivity contribution in [3.8, 4) is 0 Å². The molecule has 2 rings (SSSR count). The number of H-pyrrole nitrogens is 1. The van der Waals surface area contributed by atoms with E-state index in [1.165, 1.54) is 6.07 Å². The van der Waals surface area contributed by atoms with E-state index in [2.05, 4.69) is 10.3 Å². The number of aromatic nitrogens is 1. The number of ketones is 1. The first kappa shape index (κ1) is 15.0. The number of aromatic amines is 1. The van der Waals surface area contributed by atoms with E-state index in [1.54, 1.807) is 26.1 Å². The van der Waals surface area contributed by atoms with Crippen LogP contribution in [0.3, 0.4) is 0 Å².